The molecule has 5 nitrogen and oxygen atoms in total. The monoisotopic (exact) mass is 323 g/mol. The van der Waals surface area contributed by atoms with Crippen LogP contribution in [0.3, 0.4) is 0 Å². The Kier molecular flexibility index (Phi) is 4.79. The minimum Gasteiger partial charge on any atom is -0.508 e. The van der Waals surface area contributed by atoms with E-state index in [1.165, 1.54) is 0 Å². The van der Waals surface area contributed by atoms with Gasteiger partial charge in [-0.2, -0.15) is 0 Å². The molecule has 0 unspecified atom stereocenters. The van der Waals surface area contributed by atoms with Crippen LogP contribution in [0.1, 0.15) is 17.8 Å². The van der Waals surface area contributed by atoms with Crippen molar-refractivity contribution in [2.75, 3.05) is 6.54 Å². The summed E-state index contributed by atoms with van der Waals surface area (Å²) in [6, 6.07) is 15.1. The normalized spacial score (nSPS) is 10.9. The first kappa shape index (κ1) is 16.1. The lowest BCUT2D eigenvalue weighted by Gasteiger charge is -2.09. The highest BCUT2D eigenvalue weighted by Gasteiger charge is 2.08. The van der Waals surface area contributed by atoms with Crippen molar-refractivity contribution in [1.82, 2.24) is 14.9 Å². The van der Waals surface area contributed by atoms with Crippen LogP contribution in [0.25, 0.3) is 11.0 Å². The third-order valence-corrected chi connectivity index (χ3v) is 4.12. The number of para-hydroxylation sites is 3. The van der Waals surface area contributed by atoms with Crippen molar-refractivity contribution >= 4 is 16.9 Å². The van der Waals surface area contributed by atoms with Crippen molar-refractivity contribution < 1.29 is 9.90 Å². The number of aromatic hydroxyl groups is 1. The number of phenols is 1. The third-order valence-electron chi connectivity index (χ3n) is 4.12. The molecule has 0 aliphatic carbocycles. The molecular weight excluding hydrogens is 302 g/mol. The number of amides is 1. The molecule has 24 heavy (non-hydrogen) atoms. The van der Waals surface area contributed by atoms with Crippen molar-refractivity contribution in [3.05, 3.63) is 59.9 Å². The largest absolute Gasteiger partial charge is 0.508 e. The smallest absolute Gasteiger partial charge is 0.220 e. The number of benzene rings is 2. The lowest BCUT2D eigenvalue weighted by molar-refractivity contribution is -0.121. The van der Waals surface area contributed by atoms with E-state index in [2.05, 4.69) is 14.9 Å². The highest BCUT2D eigenvalue weighted by molar-refractivity contribution is 5.77. The van der Waals surface area contributed by atoms with Gasteiger partial charge in [-0.25, -0.2) is 4.98 Å². The number of hydrogen-bond acceptors (Lipinski definition) is 3. The molecule has 2 aromatic carbocycles. The summed E-state index contributed by atoms with van der Waals surface area (Å²) in [6.07, 6.45) is 0.896. The molecule has 1 aromatic heterocycles. The number of imidazole rings is 1. The van der Waals surface area contributed by atoms with E-state index < -0.39 is 0 Å². The van der Waals surface area contributed by atoms with Crippen LogP contribution in [0.5, 0.6) is 5.75 Å². The van der Waals surface area contributed by atoms with Crippen LogP contribution in [0.4, 0.5) is 0 Å². The Morgan fingerprint density at radius 2 is 1.92 bits per heavy atom. The molecule has 0 spiro atoms. The van der Waals surface area contributed by atoms with Crippen LogP contribution in [-0.4, -0.2) is 27.1 Å². The lowest BCUT2D eigenvalue weighted by atomic mass is 10.1. The van der Waals surface area contributed by atoms with Crippen molar-refractivity contribution in [3.8, 4) is 5.75 Å². The predicted molar refractivity (Wildman–Crippen MR) is 93.9 cm³/mol. The van der Waals surface area contributed by atoms with Crippen LogP contribution < -0.4 is 5.32 Å². The van der Waals surface area contributed by atoms with E-state index in [1.807, 2.05) is 43.3 Å². The number of aromatic nitrogens is 2. The number of aryl methyl sites for hydroxylation is 2. The average Bonchev–Trinajstić information content (AvgIpc) is 2.90. The number of nitrogens with zero attached hydrogens (tertiary/aromatic N) is 2. The maximum Gasteiger partial charge on any atom is 0.220 e. The molecule has 1 heterocycles. The Morgan fingerprint density at radius 1 is 1.17 bits per heavy atom. The van der Waals surface area contributed by atoms with Gasteiger partial charge in [-0.1, -0.05) is 30.3 Å². The molecule has 5 heteroatoms. The molecule has 0 saturated carbocycles. The van der Waals surface area contributed by atoms with Gasteiger partial charge in [0.25, 0.3) is 0 Å². The fourth-order valence-electron chi connectivity index (χ4n) is 2.84. The van der Waals surface area contributed by atoms with Crippen LogP contribution in [0.15, 0.2) is 48.5 Å². The molecule has 0 aliphatic rings. The van der Waals surface area contributed by atoms with Gasteiger partial charge >= 0.3 is 0 Å². The third kappa shape index (κ3) is 3.56. The number of rotatable bonds is 6. The van der Waals surface area contributed by atoms with Gasteiger partial charge in [-0.05, 0) is 37.1 Å². The topological polar surface area (TPSA) is 67.2 Å². The summed E-state index contributed by atoms with van der Waals surface area (Å²) in [6.45, 7) is 3.22. The predicted octanol–water partition coefficient (Wildman–Crippen LogP) is 2.80. The molecule has 0 bridgehead atoms. The van der Waals surface area contributed by atoms with Crippen LogP contribution in [0.2, 0.25) is 0 Å². The van der Waals surface area contributed by atoms with Crippen molar-refractivity contribution in [2.24, 2.45) is 0 Å². The van der Waals surface area contributed by atoms with E-state index in [-0.39, 0.29) is 11.7 Å². The summed E-state index contributed by atoms with van der Waals surface area (Å²) in [5.74, 6) is 1.17. The number of carbonyl (C=O) groups is 1. The van der Waals surface area contributed by atoms with Crippen molar-refractivity contribution in [3.63, 3.8) is 0 Å². The quantitative estimate of drug-likeness (QED) is 0.733. The molecule has 3 rings (SSSR count). The average molecular weight is 323 g/mol. The second-order valence-electron chi connectivity index (χ2n) is 5.78. The number of fused-ring (bicyclic) bond motifs is 1. The van der Waals surface area contributed by atoms with E-state index in [4.69, 9.17) is 0 Å². The molecule has 2 N–H and O–H groups in total. The maximum atomic E-state index is 12.0. The van der Waals surface area contributed by atoms with Gasteiger partial charge in [-0.3, -0.25) is 4.79 Å². The summed E-state index contributed by atoms with van der Waals surface area (Å²) >= 11 is 0. The van der Waals surface area contributed by atoms with Crippen molar-refractivity contribution in [1.29, 1.82) is 0 Å². The summed E-state index contributed by atoms with van der Waals surface area (Å²) in [7, 11) is 0. The minimum atomic E-state index is -0.0136. The molecule has 0 fully saturated rings. The zero-order chi connectivity index (χ0) is 16.9. The zero-order valence-electron chi connectivity index (χ0n) is 13.7. The summed E-state index contributed by atoms with van der Waals surface area (Å²) < 4.78 is 2.11. The number of hydrogen-bond donors (Lipinski definition) is 2. The maximum absolute atomic E-state index is 12.0. The Balaban J connectivity index is 1.51. The van der Waals surface area contributed by atoms with Crippen LogP contribution >= 0.6 is 0 Å². The SMILES string of the molecule is Cc1nc2ccccc2n1CCNC(=O)CCc1ccccc1O. The first-order chi connectivity index (χ1) is 11.6. The first-order valence-corrected chi connectivity index (χ1v) is 8.10. The molecule has 0 radical (unpaired) electrons. The van der Waals surface area contributed by atoms with Gasteiger partial charge < -0.3 is 15.0 Å². The van der Waals surface area contributed by atoms with E-state index in [0.717, 1.165) is 22.4 Å². The molecule has 0 aliphatic heterocycles. The van der Waals surface area contributed by atoms with Crippen LogP contribution in [0, 0.1) is 6.92 Å². The second kappa shape index (κ2) is 7.17. The molecular formula is C19H21N3O2. The van der Waals surface area contributed by atoms with Gasteiger partial charge in [0.1, 0.15) is 11.6 Å². The summed E-state index contributed by atoms with van der Waals surface area (Å²) in [5, 5.41) is 12.6. The van der Waals surface area contributed by atoms with E-state index >= 15 is 0 Å². The van der Waals surface area contributed by atoms with E-state index in [9.17, 15) is 9.90 Å². The minimum absolute atomic E-state index is 0.0136. The fraction of sp³-hybridized carbons (Fsp3) is 0.263. The highest BCUT2D eigenvalue weighted by atomic mass is 16.3. The summed E-state index contributed by atoms with van der Waals surface area (Å²) in [4.78, 5) is 16.5. The van der Waals surface area contributed by atoms with E-state index in [0.29, 0.717) is 25.9 Å². The molecule has 0 atom stereocenters. The van der Waals surface area contributed by atoms with Crippen molar-refractivity contribution in [2.45, 2.75) is 26.3 Å². The Morgan fingerprint density at radius 3 is 2.75 bits per heavy atom. The van der Waals surface area contributed by atoms with Gasteiger partial charge in [0.05, 0.1) is 11.0 Å². The molecule has 1 amide bonds. The molecule has 0 saturated heterocycles. The lowest BCUT2D eigenvalue weighted by Crippen LogP contribution is -2.27. The van der Waals surface area contributed by atoms with Gasteiger partial charge in [-0.15, -0.1) is 0 Å². The Labute approximate surface area is 141 Å². The highest BCUT2D eigenvalue weighted by Crippen LogP contribution is 2.17. The Bertz CT molecular complexity index is 855. The zero-order valence-corrected chi connectivity index (χ0v) is 13.7. The van der Waals surface area contributed by atoms with E-state index in [1.54, 1.807) is 12.1 Å². The molecule has 3 aromatic rings. The van der Waals surface area contributed by atoms with Gasteiger partial charge in [0, 0.05) is 19.5 Å². The number of phenolic OH excluding ortho intramolecular Hbond substituents is 1. The van der Waals surface area contributed by atoms with Gasteiger partial charge in [0.15, 0.2) is 0 Å². The molecule has 124 valence electrons. The fourth-order valence-corrected chi connectivity index (χ4v) is 2.84. The van der Waals surface area contributed by atoms with Crippen LogP contribution in [-0.2, 0) is 17.8 Å². The first-order valence-electron chi connectivity index (χ1n) is 8.10. The Hall–Kier alpha value is -2.82. The summed E-state index contributed by atoms with van der Waals surface area (Å²) in [5.41, 5.74) is 2.85. The number of carbonyl (C=O) groups excluding carboxylic acids is 1. The standard InChI is InChI=1S/C19H21N3O2/c1-14-21-16-7-3-4-8-17(16)22(14)13-12-20-19(24)11-10-15-6-2-5-9-18(15)23/h2-9,23H,10-13H2,1H3,(H,20,24). The van der Waals surface area contributed by atoms with Gasteiger partial charge in [0.2, 0.25) is 5.91 Å². The second-order valence-corrected chi connectivity index (χ2v) is 5.78. The number of nitrogens with one attached hydrogen (secondary N) is 1.